The van der Waals surface area contributed by atoms with E-state index in [9.17, 15) is 0 Å². The summed E-state index contributed by atoms with van der Waals surface area (Å²) in [5.74, 6) is 0. The summed E-state index contributed by atoms with van der Waals surface area (Å²) < 4.78 is 7.84. The first-order valence-corrected chi connectivity index (χ1v) is 5.58. The Labute approximate surface area is 100 Å². The van der Waals surface area contributed by atoms with Crippen molar-refractivity contribution in [3.8, 4) is 11.1 Å². The molecular formula is C11H8BrN3O. The number of hydrogen-bond acceptors (Lipinski definition) is 3. The molecule has 0 bridgehead atoms. The van der Waals surface area contributed by atoms with Gasteiger partial charge in [-0.3, -0.25) is 0 Å². The van der Waals surface area contributed by atoms with Crippen LogP contribution >= 0.6 is 15.9 Å². The highest BCUT2D eigenvalue weighted by atomic mass is 79.9. The number of fused-ring (bicyclic) bond motifs is 1. The van der Waals surface area contributed by atoms with Gasteiger partial charge in [0.25, 0.3) is 0 Å². The first kappa shape index (κ1) is 9.59. The van der Waals surface area contributed by atoms with Gasteiger partial charge in [0.15, 0.2) is 0 Å². The van der Waals surface area contributed by atoms with E-state index in [0.29, 0.717) is 0 Å². The first-order chi connectivity index (χ1) is 7.74. The molecule has 0 fully saturated rings. The molecule has 5 heteroatoms. The zero-order valence-corrected chi connectivity index (χ0v) is 10.1. The number of halogens is 1. The van der Waals surface area contributed by atoms with Gasteiger partial charge in [0.05, 0.1) is 11.9 Å². The number of aryl methyl sites for hydroxylation is 1. The summed E-state index contributed by atoms with van der Waals surface area (Å²) >= 11 is 3.48. The van der Waals surface area contributed by atoms with Crippen molar-refractivity contribution in [3.63, 3.8) is 0 Å². The van der Waals surface area contributed by atoms with E-state index in [-0.39, 0.29) is 0 Å². The molecule has 0 amide bonds. The number of nitrogens with zero attached hydrogens (tertiary/aromatic N) is 3. The highest BCUT2D eigenvalue weighted by Crippen LogP contribution is 2.27. The second-order valence-electron chi connectivity index (χ2n) is 3.60. The monoisotopic (exact) mass is 277 g/mol. The summed E-state index contributed by atoms with van der Waals surface area (Å²) in [6, 6.07) is 2.01. The van der Waals surface area contributed by atoms with Crippen LogP contribution in [0.5, 0.6) is 0 Å². The number of aromatic nitrogens is 3. The Hall–Kier alpha value is -1.62. The highest BCUT2D eigenvalue weighted by Gasteiger charge is 2.09. The quantitative estimate of drug-likeness (QED) is 0.687. The molecule has 80 valence electrons. The maximum absolute atomic E-state index is 4.86. The maximum Gasteiger partial charge on any atom is 0.145 e. The fraction of sp³-hybridized carbons (Fsp3) is 0.0909. The smallest absolute Gasteiger partial charge is 0.145 e. The first-order valence-electron chi connectivity index (χ1n) is 4.78. The Balaban J connectivity index is 2.38. The zero-order valence-electron chi connectivity index (χ0n) is 8.51. The van der Waals surface area contributed by atoms with E-state index in [1.165, 1.54) is 0 Å². The lowest BCUT2D eigenvalue weighted by Crippen LogP contribution is -1.87. The Bertz CT molecular complexity index is 643. The second kappa shape index (κ2) is 3.45. The maximum atomic E-state index is 4.86. The van der Waals surface area contributed by atoms with E-state index in [1.807, 2.05) is 29.8 Å². The molecule has 0 aliphatic carbocycles. The minimum atomic E-state index is 0.906. The predicted octanol–water partition coefficient (Wildman–Crippen LogP) is 3.06. The lowest BCUT2D eigenvalue weighted by Gasteiger charge is -2.01. The third-order valence-corrected chi connectivity index (χ3v) is 2.82. The molecule has 3 aromatic heterocycles. The van der Waals surface area contributed by atoms with E-state index in [0.717, 1.165) is 26.9 Å². The van der Waals surface area contributed by atoms with Crippen molar-refractivity contribution in [1.82, 2.24) is 14.5 Å². The standard InChI is InChI=1S/C11H8BrN3O/c1-7-4-15-5-9(12)2-10(11(15)14-7)8-3-13-16-6-8/h2-6H,1H3. The lowest BCUT2D eigenvalue weighted by atomic mass is 10.1. The molecule has 0 saturated heterocycles. The topological polar surface area (TPSA) is 43.3 Å². The van der Waals surface area contributed by atoms with Crippen molar-refractivity contribution in [2.45, 2.75) is 6.92 Å². The number of hydrogen-bond donors (Lipinski definition) is 0. The Morgan fingerprint density at radius 3 is 3.00 bits per heavy atom. The molecule has 0 N–H and O–H groups in total. The largest absolute Gasteiger partial charge is 0.364 e. The molecular weight excluding hydrogens is 270 g/mol. The molecule has 0 aliphatic rings. The van der Waals surface area contributed by atoms with Crippen LogP contribution in [0.4, 0.5) is 0 Å². The van der Waals surface area contributed by atoms with Crippen LogP contribution in [-0.2, 0) is 0 Å². The molecule has 0 aliphatic heterocycles. The minimum Gasteiger partial charge on any atom is -0.364 e. The Kier molecular flexibility index (Phi) is 2.07. The van der Waals surface area contributed by atoms with Crippen LogP contribution in [-0.4, -0.2) is 14.5 Å². The van der Waals surface area contributed by atoms with Gasteiger partial charge in [0, 0.05) is 28.0 Å². The van der Waals surface area contributed by atoms with Crippen LogP contribution in [0.25, 0.3) is 16.8 Å². The average Bonchev–Trinajstić information content (AvgIpc) is 2.83. The van der Waals surface area contributed by atoms with E-state index < -0.39 is 0 Å². The van der Waals surface area contributed by atoms with E-state index in [2.05, 4.69) is 26.1 Å². The molecule has 0 saturated carbocycles. The summed E-state index contributed by atoms with van der Waals surface area (Å²) in [7, 11) is 0. The summed E-state index contributed by atoms with van der Waals surface area (Å²) in [4.78, 5) is 4.48. The van der Waals surface area contributed by atoms with E-state index in [4.69, 9.17) is 4.52 Å². The lowest BCUT2D eigenvalue weighted by molar-refractivity contribution is 0.420. The highest BCUT2D eigenvalue weighted by molar-refractivity contribution is 9.10. The molecule has 0 unspecified atom stereocenters. The van der Waals surface area contributed by atoms with Crippen LogP contribution in [0.3, 0.4) is 0 Å². The van der Waals surface area contributed by atoms with Crippen molar-refractivity contribution in [3.05, 3.63) is 41.1 Å². The fourth-order valence-corrected chi connectivity index (χ4v) is 2.19. The molecule has 3 aromatic rings. The van der Waals surface area contributed by atoms with Gasteiger partial charge in [0.1, 0.15) is 11.9 Å². The molecule has 3 heterocycles. The second-order valence-corrected chi connectivity index (χ2v) is 4.51. The van der Waals surface area contributed by atoms with Crippen LogP contribution in [0.1, 0.15) is 5.69 Å². The van der Waals surface area contributed by atoms with Crippen LogP contribution < -0.4 is 0 Å². The van der Waals surface area contributed by atoms with Crippen molar-refractivity contribution < 1.29 is 4.52 Å². The van der Waals surface area contributed by atoms with Gasteiger partial charge < -0.3 is 8.92 Å². The molecule has 4 nitrogen and oxygen atoms in total. The third-order valence-electron chi connectivity index (χ3n) is 2.38. The molecule has 0 spiro atoms. The van der Waals surface area contributed by atoms with Gasteiger partial charge >= 0.3 is 0 Å². The van der Waals surface area contributed by atoms with E-state index in [1.54, 1.807) is 12.5 Å². The van der Waals surface area contributed by atoms with Crippen molar-refractivity contribution >= 4 is 21.6 Å². The van der Waals surface area contributed by atoms with Crippen LogP contribution in [0.2, 0.25) is 0 Å². The van der Waals surface area contributed by atoms with Gasteiger partial charge in [-0.25, -0.2) is 4.98 Å². The minimum absolute atomic E-state index is 0.906. The van der Waals surface area contributed by atoms with Crippen molar-refractivity contribution in [2.24, 2.45) is 0 Å². The number of imidazole rings is 1. The van der Waals surface area contributed by atoms with Crippen LogP contribution in [0, 0.1) is 6.92 Å². The van der Waals surface area contributed by atoms with Gasteiger partial charge in [-0.1, -0.05) is 5.16 Å². The average molecular weight is 278 g/mol. The van der Waals surface area contributed by atoms with Gasteiger partial charge in [-0.05, 0) is 28.9 Å². The van der Waals surface area contributed by atoms with Gasteiger partial charge in [-0.15, -0.1) is 0 Å². The van der Waals surface area contributed by atoms with E-state index >= 15 is 0 Å². The fourth-order valence-electron chi connectivity index (χ4n) is 1.74. The summed E-state index contributed by atoms with van der Waals surface area (Å²) in [5.41, 5.74) is 3.82. The molecule has 0 radical (unpaired) electrons. The summed E-state index contributed by atoms with van der Waals surface area (Å²) in [6.45, 7) is 1.97. The predicted molar refractivity (Wildman–Crippen MR) is 63.1 cm³/mol. The third kappa shape index (κ3) is 1.44. The summed E-state index contributed by atoms with van der Waals surface area (Å²) in [5, 5.41) is 3.71. The molecule has 3 rings (SSSR count). The summed E-state index contributed by atoms with van der Waals surface area (Å²) in [6.07, 6.45) is 7.26. The SMILES string of the molecule is Cc1cn2cc(Br)cc(-c3cnoc3)c2n1. The van der Waals surface area contributed by atoms with Crippen molar-refractivity contribution in [2.75, 3.05) is 0 Å². The van der Waals surface area contributed by atoms with Crippen molar-refractivity contribution in [1.29, 1.82) is 0 Å². The van der Waals surface area contributed by atoms with Crippen LogP contribution in [0.15, 0.2) is 39.9 Å². The zero-order chi connectivity index (χ0) is 11.1. The number of pyridine rings is 1. The Morgan fingerprint density at radius 2 is 2.25 bits per heavy atom. The molecule has 0 aromatic carbocycles. The number of rotatable bonds is 1. The van der Waals surface area contributed by atoms with Gasteiger partial charge in [0.2, 0.25) is 0 Å². The normalized spacial score (nSPS) is 11.1. The molecule has 16 heavy (non-hydrogen) atoms. The van der Waals surface area contributed by atoms with Gasteiger partial charge in [-0.2, -0.15) is 0 Å². The molecule has 0 atom stereocenters. The Morgan fingerprint density at radius 1 is 1.38 bits per heavy atom.